The predicted molar refractivity (Wildman–Crippen MR) is 108 cm³/mol. The quantitative estimate of drug-likeness (QED) is 0.745. The van der Waals surface area contributed by atoms with E-state index in [1.165, 1.54) is 18.4 Å². The van der Waals surface area contributed by atoms with E-state index in [9.17, 15) is 4.79 Å². The SMILES string of the molecule is COc1ccc(CN2C(=O)N(C)C(C(C)C)(C3CC3)c3ccccc32)cc1. The first-order chi connectivity index (χ1) is 13.0. The van der Waals surface area contributed by atoms with Crippen molar-refractivity contribution in [1.82, 2.24) is 4.90 Å². The van der Waals surface area contributed by atoms with Gasteiger partial charge in [0.05, 0.1) is 24.9 Å². The molecule has 1 aliphatic heterocycles. The molecule has 1 atom stereocenters. The predicted octanol–water partition coefficient (Wildman–Crippen LogP) is 5.03. The van der Waals surface area contributed by atoms with E-state index in [-0.39, 0.29) is 11.6 Å². The molecule has 2 aromatic rings. The van der Waals surface area contributed by atoms with Crippen molar-refractivity contribution in [2.75, 3.05) is 19.1 Å². The lowest BCUT2D eigenvalue weighted by Crippen LogP contribution is -2.60. The number of hydrogen-bond acceptors (Lipinski definition) is 2. The smallest absolute Gasteiger partial charge is 0.325 e. The molecule has 1 unspecified atom stereocenters. The minimum absolute atomic E-state index is 0.0881. The number of fused-ring (bicyclic) bond motifs is 1. The Morgan fingerprint density at radius 2 is 1.78 bits per heavy atom. The second-order valence-electron chi connectivity index (χ2n) is 8.05. The molecule has 0 bridgehead atoms. The number of amides is 2. The van der Waals surface area contributed by atoms with Gasteiger partial charge in [-0.2, -0.15) is 0 Å². The fourth-order valence-electron chi connectivity index (χ4n) is 4.92. The Hall–Kier alpha value is -2.49. The third kappa shape index (κ3) is 2.70. The molecule has 2 aromatic carbocycles. The molecule has 1 saturated carbocycles. The third-order valence-electron chi connectivity index (χ3n) is 6.28. The third-order valence-corrected chi connectivity index (χ3v) is 6.28. The number of anilines is 1. The van der Waals surface area contributed by atoms with E-state index in [1.54, 1.807) is 7.11 Å². The van der Waals surface area contributed by atoms with E-state index in [1.807, 2.05) is 47.2 Å². The zero-order valence-corrected chi connectivity index (χ0v) is 16.6. The molecule has 1 aliphatic carbocycles. The van der Waals surface area contributed by atoms with Gasteiger partial charge < -0.3 is 9.64 Å². The monoisotopic (exact) mass is 364 g/mol. The lowest BCUT2D eigenvalue weighted by atomic mass is 9.72. The zero-order valence-electron chi connectivity index (χ0n) is 16.6. The van der Waals surface area contributed by atoms with Gasteiger partial charge in [-0.15, -0.1) is 0 Å². The molecule has 0 radical (unpaired) electrons. The van der Waals surface area contributed by atoms with E-state index in [2.05, 4.69) is 32.0 Å². The maximum absolute atomic E-state index is 13.5. The molecule has 4 rings (SSSR count). The van der Waals surface area contributed by atoms with Crippen LogP contribution in [0.2, 0.25) is 0 Å². The molecule has 4 nitrogen and oxygen atoms in total. The number of benzene rings is 2. The molecule has 2 aliphatic rings. The molecule has 0 aromatic heterocycles. The standard InChI is InChI=1S/C23H28N2O2/c1-16(2)23(18-11-12-18)20-7-5-6-8-21(20)25(22(26)24(23)3)15-17-9-13-19(27-4)14-10-17/h5-10,13-14,16,18H,11-12,15H2,1-4H3. The van der Waals surface area contributed by atoms with Crippen molar-refractivity contribution in [1.29, 1.82) is 0 Å². The molecular weight excluding hydrogens is 336 g/mol. The number of para-hydroxylation sites is 1. The van der Waals surface area contributed by atoms with Gasteiger partial charge in [0.25, 0.3) is 0 Å². The van der Waals surface area contributed by atoms with Gasteiger partial charge >= 0.3 is 6.03 Å². The second kappa shape index (κ2) is 6.59. The number of carbonyl (C=O) groups is 1. The van der Waals surface area contributed by atoms with Gasteiger partial charge in [0, 0.05) is 12.6 Å². The Labute approximate surface area is 161 Å². The number of nitrogens with zero attached hydrogens (tertiary/aromatic N) is 2. The number of urea groups is 1. The number of methoxy groups -OCH3 is 1. The van der Waals surface area contributed by atoms with Crippen molar-refractivity contribution in [3.8, 4) is 5.75 Å². The minimum atomic E-state index is -0.204. The highest BCUT2D eigenvalue weighted by atomic mass is 16.5. The van der Waals surface area contributed by atoms with E-state index in [0.717, 1.165) is 17.0 Å². The van der Waals surface area contributed by atoms with Crippen LogP contribution in [0.25, 0.3) is 0 Å². The summed E-state index contributed by atoms with van der Waals surface area (Å²) in [7, 11) is 3.65. The van der Waals surface area contributed by atoms with E-state index < -0.39 is 0 Å². The van der Waals surface area contributed by atoms with Crippen LogP contribution in [0.1, 0.15) is 37.8 Å². The molecule has 1 fully saturated rings. The molecule has 4 heteroatoms. The number of ether oxygens (including phenoxy) is 1. The first kappa shape index (κ1) is 17.9. The highest BCUT2D eigenvalue weighted by molar-refractivity contribution is 5.96. The summed E-state index contributed by atoms with van der Waals surface area (Å²) in [6, 6.07) is 16.5. The lowest BCUT2D eigenvalue weighted by Gasteiger charge is -2.52. The van der Waals surface area contributed by atoms with Crippen molar-refractivity contribution < 1.29 is 9.53 Å². The van der Waals surface area contributed by atoms with Crippen LogP contribution in [0.3, 0.4) is 0 Å². The molecular formula is C23H28N2O2. The van der Waals surface area contributed by atoms with Gasteiger partial charge in [0.1, 0.15) is 5.75 Å². The summed E-state index contributed by atoms with van der Waals surface area (Å²) in [6.45, 7) is 5.05. The van der Waals surface area contributed by atoms with E-state index in [4.69, 9.17) is 4.74 Å². The van der Waals surface area contributed by atoms with Crippen LogP contribution >= 0.6 is 0 Å². The Morgan fingerprint density at radius 1 is 1.11 bits per heavy atom. The van der Waals surface area contributed by atoms with Gasteiger partial charge in [-0.3, -0.25) is 4.90 Å². The van der Waals surface area contributed by atoms with Crippen molar-refractivity contribution in [3.63, 3.8) is 0 Å². The van der Waals surface area contributed by atoms with Gasteiger partial charge in [-0.05, 0) is 48.4 Å². The van der Waals surface area contributed by atoms with Crippen LogP contribution in [-0.2, 0) is 12.1 Å². The summed E-state index contributed by atoms with van der Waals surface area (Å²) in [4.78, 5) is 17.4. The summed E-state index contributed by atoms with van der Waals surface area (Å²) < 4.78 is 5.25. The molecule has 142 valence electrons. The number of carbonyl (C=O) groups excluding carboxylic acids is 1. The first-order valence-corrected chi connectivity index (χ1v) is 9.78. The van der Waals surface area contributed by atoms with Crippen molar-refractivity contribution in [3.05, 3.63) is 59.7 Å². The summed E-state index contributed by atoms with van der Waals surface area (Å²) in [5.41, 5.74) is 3.23. The fourth-order valence-corrected chi connectivity index (χ4v) is 4.92. The Balaban J connectivity index is 1.78. The topological polar surface area (TPSA) is 32.8 Å². The lowest BCUT2D eigenvalue weighted by molar-refractivity contribution is 0.0674. The highest BCUT2D eigenvalue weighted by Crippen LogP contribution is 2.57. The van der Waals surface area contributed by atoms with Gasteiger partial charge in [-0.25, -0.2) is 4.79 Å². The Bertz CT molecular complexity index is 838. The Morgan fingerprint density at radius 3 is 2.37 bits per heavy atom. The van der Waals surface area contributed by atoms with Crippen LogP contribution in [0.15, 0.2) is 48.5 Å². The zero-order chi connectivity index (χ0) is 19.2. The minimum Gasteiger partial charge on any atom is -0.497 e. The average molecular weight is 364 g/mol. The average Bonchev–Trinajstić information content (AvgIpc) is 3.51. The van der Waals surface area contributed by atoms with Crippen LogP contribution < -0.4 is 9.64 Å². The number of hydrogen-bond donors (Lipinski definition) is 0. The summed E-state index contributed by atoms with van der Waals surface area (Å²) in [6.07, 6.45) is 2.39. The van der Waals surface area contributed by atoms with E-state index in [0.29, 0.717) is 18.4 Å². The van der Waals surface area contributed by atoms with Crippen molar-refractivity contribution in [2.24, 2.45) is 11.8 Å². The largest absolute Gasteiger partial charge is 0.497 e. The van der Waals surface area contributed by atoms with Gasteiger partial charge in [-0.1, -0.05) is 44.2 Å². The summed E-state index contributed by atoms with van der Waals surface area (Å²) in [5, 5.41) is 0. The van der Waals surface area contributed by atoms with Crippen molar-refractivity contribution in [2.45, 2.75) is 38.8 Å². The van der Waals surface area contributed by atoms with Crippen molar-refractivity contribution >= 4 is 11.7 Å². The second-order valence-corrected chi connectivity index (χ2v) is 8.05. The first-order valence-electron chi connectivity index (χ1n) is 9.78. The molecule has 0 saturated heterocycles. The van der Waals surface area contributed by atoms with Gasteiger partial charge in [0.15, 0.2) is 0 Å². The molecule has 27 heavy (non-hydrogen) atoms. The molecule has 2 amide bonds. The fraction of sp³-hybridized carbons (Fsp3) is 0.435. The summed E-state index contributed by atoms with van der Waals surface area (Å²) >= 11 is 0. The molecule has 1 heterocycles. The number of rotatable bonds is 5. The summed E-state index contributed by atoms with van der Waals surface area (Å²) in [5.74, 6) is 1.74. The van der Waals surface area contributed by atoms with Crippen LogP contribution in [0.4, 0.5) is 10.5 Å². The van der Waals surface area contributed by atoms with E-state index >= 15 is 0 Å². The van der Waals surface area contributed by atoms with Crippen LogP contribution in [0.5, 0.6) is 5.75 Å². The van der Waals surface area contributed by atoms with Crippen LogP contribution in [-0.4, -0.2) is 25.1 Å². The Kier molecular flexibility index (Phi) is 4.37. The maximum Gasteiger partial charge on any atom is 0.325 e. The maximum atomic E-state index is 13.5. The molecule has 0 N–H and O–H groups in total. The molecule has 0 spiro atoms. The van der Waals surface area contributed by atoms with Crippen LogP contribution in [0, 0.1) is 11.8 Å². The highest BCUT2D eigenvalue weighted by Gasteiger charge is 2.57. The normalized spacial score (nSPS) is 22.2. The van der Waals surface area contributed by atoms with Gasteiger partial charge in [0.2, 0.25) is 0 Å².